The molecule has 0 saturated carbocycles. The molecule has 1 fully saturated rings. The van der Waals surface area contributed by atoms with E-state index in [4.69, 9.17) is 17.0 Å². The van der Waals surface area contributed by atoms with Gasteiger partial charge in [0.15, 0.2) is 4.77 Å². The van der Waals surface area contributed by atoms with Crippen molar-refractivity contribution in [1.29, 1.82) is 0 Å². The first-order valence-electron chi connectivity index (χ1n) is 5.72. The Morgan fingerprint density at radius 3 is 2.88 bits per heavy atom. The summed E-state index contributed by atoms with van der Waals surface area (Å²) >= 11 is 5.24. The lowest BCUT2D eigenvalue weighted by atomic mass is 10.4. The first kappa shape index (κ1) is 11.6. The Morgan fingerprint density at radius 2 is 2.19 bits per heavy atom. The Labute approximate surface area is 100 Å². The number of nitrogens with one attached hydrogen (secondary N) is 1. The maximum absolute atomic E-state index is 5.24. The second-order valence-electron chi connectivity index (χ2n) is 4.02. The Bertz CT molecular complexity index is 380. The minimum absolute atomic E-state index is 0.706. The molecule has 2 heterocycles. The highest BCUT2D eigenvalue weighted by molar-refractivity contribution is 7.71. The Morgan fingerprint density at radius 1 is 1.44 bits per heavy atom. The molecule has 90 valence electrons. The SMILES string of the molecule is COCCCn1c(N2CCCC2)n[nH]c1=S. The molecule has 0 radical (unpaired) electrons. The normalized spacial score (nSPS) is 15.9. The van der Waals surface area contributed by atoms with Gasteiger partial charge in [0.05, 0.1) is 0 Å². The Kier molecular flexibility index (Phi) is 3.95. The number of hydrogen-bond acceptors (Lipinski definition) is 4. The molecule has 0 spiro atoms. The van der Waals surface area contributed by atoms with Crippen LogP contribution in [0.5, 0.6) is 0 Å². The molecule has 1 aromatic heterocycles. The van der Waals surface area contributed by atoms with Crippen LogP contribution >= 0.6 is 12.2 Å². The molecule has 1 aliphatic rings. The molecular formula is C10H18N4OS. The van der Waals surface area contributed by atoms with E-state index in [0.29, 0.717) is 4.77 Å². The Hall–Kier alpha value is -0.880. The van der Waals surface area contributed by atoms with Gasteiger partial charge in [0.25, 0.3) is 0 Å². The molecule has 1 aromatic rings. The summed E-state index contributed by atoms with van der Waals surface area (Å²) in [6.07, 6.45) is 3.46. The first-order valence-corrected chi connectivity index (χ1v) is 6.13. The van der Waals surface area contributed by atoms with Crippen LogP contribution in [0.2, 0.25) is 0 Å². The van der Waals surface area contributed by atoms with E-state index in [0.717, 1.165) is 38.6 Å². The molecule has 0 bridgehead atoms. The van der Waals surface area contributed by atoms with Crippen LogP contribution in [-0.2, 0) is 11.3 Å². The molecule has 0 unspecified atom stereocenters. The molecule has 2 rings (SSSR count). The lowest BCUT2D eigenvalue weighted by molar-refractivity contribution is 0.190. The van der Waals surface area contributed by atoms with E-state index >= 15 is 0 Å². The van der Waals surface area contributed by atoms with Crippen molar-refractivity contribution in [2.75, 3.05) is 31.7 Å². The van der Waals surface area contributed by atoms with E-state index < -0.39 is 0 Å². The van der Waals surface area contributed by atoms with Gasteiger partial charge in [0.2, 0.25) is 5.95 Å². The molecule has 0 aromatic carbocycles. The highest BCUT2D eigenvalue weighted by atomic mass is 32.1. The zero-order valence-corrected chi connectivity index (χ0v) is 10.4. The lowest BCUT2D eigenvalue weighted by Gasteiger charge is -2.16. The molecule has 16 heavy (non-hydrogen) atoms. The Balaban J connectivity index is 2.08. The highest BCUT2D eigenvalue weighted by Gasteiger charge is 2.17. The molecule has 0 amide bonds. The minimum atomic E-state index is 0.706. The van der Waals surface area contributed by atoms with E-state index in [9.17, 15) is 0 Å². The number of nitrogens with zero attached hydrogens (tertiary/aromatic N) is 3. The van der Waals surface area contributed by atoms with Crippen molar-refractivity contribution in [3.63, 3.8) is 0 Å². The van der Waals surface area contributed by atoms with Crippen LogP contribution in [0.15, 0.2) is 0 Å². The van der Waals surface area contributed by atoms with Gasteiger partial charge in [-0.15, -0.1) is 5.10 Å². The van der Waals surface area contributed by atoms with Crippen molar-refractivity contribution in [2.45, 2.75) is 25.8 Å². The predicted molar refractivity (Wildman–Crippen MR) is 65.4 cm³/mol. The largest absolute Gasteiger partial charge is 0.385 e. The molecular weight excluding hydrogens is 224 g/mol. The number of methoxy groups -OCH3 is 1. The fourth-order valence-corrected chi connectivity index (χ4v) is 2.26. The van der Waals surface area contributed by atoms with Crippen molar-refractivity contribution >= 4 is 18.2 Å². The molecule has 0 aliphatic carbocycles. The van der Waals surface area contributed by atoms with E-state index in [2.05, 4.69) is 19.7 Å². The van der Waals surface area contributed by atoms with Crippen LogP contribution in [-0.4, -0.2) is 41.6 Å². The summed E-state index contributed by atoms with van der Waals surface area (Å²) in [6, 6.07) is 0. The summed E-state index contributed by atoms with van der Waals surface area (Å²) < 4.78 is 7.83. The minimum Gasteiger partial charge on any atom is -0.385 e. The summed E-state index contributed by atoms with van der Waals surface area (Å²) in [5.41, 5.74) is 0. The fourth-order valence-electron chi connectivity index (χ4n) is 2.04. The third-order valence-electron chi connectivity index (χ3n) is 2.86. The van der Waals surface area contributed by atoms with E-state index in [1.54, 1.807) is 7.11 Å². The number of anilines is 1. The average Bonchev–Trinajstić information content (AvgIpc) is 2.89. The molecule has 1 aliphatic heterocycles. The zero-order valence-electron chi connectivity index (χ0n) is 9.61. The summed E-state index contributed by atoms with van der Waals surface area (Å²) in [5, 5.41) is 7.18. The smallest absolute Gasteiger partial charge is 0.225 e. The van der Waals surface area contributed by atoms with E-state index in [1.807, 2.05) is 0 Å². The number of hydrogen-bond donors (Lipinski definition) is 1. The number of rotatable bonds is 5. The quantitative estimate of drug-likeness (QED) is 0.629. The van der Waals surface area contributed by atoms with Gasteiger partial charge in [0, 0.05) is 33.4 Å². The summed E-state index contributed by atoms with van der Waals surface area (Å²) in [4.78, 5) is 2.29. The molecule has 6 heteroatoms. The summed E-state index contributed by atoms with van der Waals surface area (Å²) in [7, 11) is 1.72. The van der Waals surface area contributed by atoms with E-state index in [-0.39, 0.29) is 0 Å². The summed E-state index contributed by atoms with van der Waals surface area (Å²) in [5.74, 6) is 0.985. The van der Waals surface area contributed by atoms with E-state index in [1.165, 1.54) is 12.8 Å². The first-order chi connectivity index (χ1) is 7.83. The van der Waals surface area contributed by atoms with Crippen LogP contribution in [0.1, 0.15) is 19.3 Å². The third kappa shape index (κ3) is 2.44. The number of ether oxygens (including phenoxy) is 1. The van der Waals surface area contributed by atoms with Crippen LogP contribution in [0.25, 0.3) is 0 Å². The van der Waals surface area contributed by atoms with Crippen molar-refractivity contribution in [3.05, 3.63) is 4.77 Å². The average molecular weight is 242 g/mol. The maximum Gasteiger partial charge on any atom is 0.225 e. The third-order valence-corrected chi connectivity index (χ3v) is 3.17. The fraction of sp³-hybridized carbons (Fsp3) is 0.800. The predicted octanol–water partition coefficient (Wildman–Crippen LogP) is 1.58. The number of H-pyrrole nitrogens is 1. The second-order valence-corrected chi connectivity index (χ2v) is 4.41. The van der Waals surface area contributed by atoms with Gasteiger partial charge in [-0.05, 0) is 31.5 Å². The van der Waals surface area contributed by atoms with Gasteiger partial charge in [-0.2, -0.15) is 0 Å². The second kappa shape index (κ2) is 5.45. The molecule has 0 atom stereocenters. The van der Waals surface area contributed by atoms with Gasteiger partial charge in [0.1, 0.15) is 0 Å². The van der Waals surface area contributed by atoms with Gasteiger partial charge in [-0.1, -0.05) is 0 Å². The number of aromatic amines is 1. The standard InChI is InChI=1S/C10H18N4OS/c1-15-8-4-7-14-9(11-12-10(14)16)13-5-2-3-6-13/h2-8H2,1H3,(H,12,16). The van der Waals surface area contributed by atoms with Crippen LogP contribution in [0, 0.1) is 4.77 Å². The lowest BCUT2D eigenvalue weighted by Crippen LogP contribution is -2.22. The number of aromatic nitrogens is 3. The zero-order chi connectivity index (χ0) is 11.4. The summed E-state index contributed by atoms with van der Waals surface area (Å²) in [6.45, 7) is 3.80. The molecule has 1 saturated heterocycles. The van der Waals surface area contributed by atoms with Gasteiger partial charge in [-0.3, -0.25) is 4.57 Å². The van der Waals surface area contributed by atoms with Gasteiger partial charge < -0.3 is 9.64 Å². The van der Waals surface area contributed by atoms with Crippen LogP contribution in [0.4, 0.5) is 5.95 Å². The topological polar surface area (TPSA) is 46.1 Å². The van der Waals surface area contributed by atoms with Crippen molar-refractivity contribution in [2.24, 2.45) is 0 Å². The van der Waals surface area contributed by atoms with Crippen molar-refractivity contribution < 1.29 is 4.74 Å². The molecule has 1 N–H and O–H groups in total. The van der Waals surface area contributed by atoms with Gasteiger partial charge >= 0.3 is 0 Å². The van der Waals surface area contributed by atoms with Crippen LogP contribution < -0.4 is 4.90 Å². The van der Waals surface area contributed by atoms with Gasteiger partial charge in [-0.25, -0.2) is 5.10 Å². The van der Waals surface area contributed by atoms with Crippen molar-refractivity contribution in [3.8, 4) is 0 Å². The van der Waals surface area contributed by atoms with Crippen molar-refractivity contribution in [1.82, 2.24) is 14.8 Å². The maximum atomic E-state index is 5.24. The monoisotopic (exact) mass is 242 g/mol. The molecule has 5 nitrogen and oxygen atoms in total. The van der Waals surface area contributed by atoms with Crippen LogP contribution in [0.3, 0.4) is 0 Å². The highest BCUT2D eigenvalue weighted by Crippen LogP contribution is 2.18.